The second-order valence-electron chi connectivity index (χ2n) is 3.44. The summed E-state index contributed by atoms with van der Waals surface area (Å²) in [5.74, 6) is 1.20. The molecule has 0 radical (unpaired) electrons. The molecule has 0 saturated carbocycles. The first-order valence-corrected chi connectivity index (χ1v) is 4.38. The minimum Gasteiger partial charge on any atom is -0.361 e. The van der Waals surface area contributed by atoms with Crippen LogP contribution in [0.5, 0.6) is 0 Å². The third-order valence-corrected chi connectivity index (χ3v) is 2.47. The largest absolute Gasteiger partial charge is 0.361 e. The average Bonchev–Trinajstić information content (AvgIpc) is 2.60. The summed E-state index contributed by atoms with van der Waals surface area (Å²) >= 11 is 0. The number of carbonyl (C=O) groups is 1. The van der Waals surface area contributed by atoms with Crippen LogP contribution >= 0.6 is 0 Å². The maximum absolute atomic E-state index is 11.0. The van der Waals surface area contributed by atoms with Crippen molar-refractivity contribution in [3.05, 3.63) is 17.0 Å². The lowest BCUT2D eigenvalue weighted by molar-refractivity contribution is -0.119. The lowest BCUT2D eigenvalue weighted by atomic mass is 9.97. The zero-order valence-electron chi connectivity index (χ0n) is 7.76. The van der Waals surface area contributed by atoms with Gasteiger partial charge in [-0.1, -0.05) is 5.16 Å². The second kappa shape index (κ2) is 2.87. The first-order valence-electron chi connectivity index (χ1n) is 4.38. The topological polar surface area (TPSA) is 55.1 Å². The molecule has 2 rings (SSSR count). The Morgan fingerprint density at radius 2 is 2.31 bits per heavy atom. The van der Waals surface area contributed by atoms with E-state index in [4.69, 9.17) is 4.52 Å². The molecular weight excluding hydrogens is 168 g/mol. The zero-order valence-corrected chi connectivity index (χ0v) is 7.76. The summed E-state index contributed by atoms with van der Waals surface area (Å²) in [6.45, 7) is 4.51. The van der Waals surface area contributed by atoms with Gasteiger partial charge in [-0.15, -0.1) is 0 Å². The zero-order chi connectivity index (χ0) is 9.42. The van der Waals surface area contributed by atoms with Crippen molar-refractivity contribution < 1.29 is 9.32 Å². The molecule has 0 aliphatic carbocycles. The van der Waals surface area contributed by atoms with Crippen molar-refractivity contribution in [2.75, 3.05) is 6.54 Å². The lowest BCUT2D eigenvalue weighted by Crippen LogP contribution is -2.13. The molecule has 0 aromatic carbocycles. The van der Waals surface area contributed by atoms with Gasteiger partial charge in [0.15, 0.2) is 0 Å². The summed E-state index contributed by atoms with van der Waals surface area (Å²) in [5, 5.41) is 6.68. The highest BCUT2D eigenvalue weighted by Gasteiger charge is 2.27. The number of rotatable bonds is 1. The average molecular weight is 180 g/mol. The van der Waals surface area contributed by atoms with Crippen LogP contribution in [0.15, 0.2) is 4.52 Å². The highest BCUT2D eigenvalue weighted by Crippen LogP contribution is 2.28. The predicted molar refractivity (Wildman–Crippen MR) is 46.3 cm³/mol. The maximum atomic E-state index is 11.0. The van der Waals surface area contributed by atoms with Crippen molar-refractivity contribution in [2.45, 2.75) is 26.2 Å². The van der Waals surface area contributed by atoms with Crippen LogP contribution in [0.2, 0.25) is 0 Å². The molecule has 1 atom stereocenters. The molecule has 70 valence electrons. The van der Waals surface area contributed by atoms with Gasteiger partial charge in [-0.05, 0) is 13.8 Å². The van der Waals surface area contributed by atoms with E-state index in [9.17, 15) is 4.79 Å². The van der Waals surface area contributed by atoms with Crippen molar-refractivity contribution >= 4 is 5.91 Å². The second-order valence-corrected chi connectivity index (χ2v) is 3.44. The van der Waals surface area contributed by atoms with Gasteiger partial charge >= 0.3 is 0 Å². The molecule has 1 N–H and O–H groups in total. The summed E-state index contributed by atoms with van der Waals surface area (Å²) in [5.41, 5.74) is 2.00. The molecule has 0 spiro atoms. The molecule has 2 heterocycles. The number of nitrogens with zero attached hydrogens (tertiary/aromatic N) is 1. The van der Waals surface area contributed by atoms with Crippen molar-refractivity contribution in [1.82, 2.24) is 10.5 Å². The standard InChI is InChI=1S/C9H12N2O2/c1-5-9(6(2)13-11-5)7-3-8(12)10-4-7/h7H,3-4H2,1-2H3,(H,10,12). The smallest absolute Gasteiger partial charge is 0.220 e. The Balaban J connectivity index is 2.30. The number of aryl methyl sites for hydroxylation is 2. The van der Waals surface area contributed by atoms with Crippen LogP contribution in [-0.4, -0.2) is 17.6 Å². The van der Waals surface area contributed by atoms with E-state index in [0.717, 1.165) is 17.0 Å². The Kier molecular flexibility index (Phi) is 1.83. The van der Waals surface area contributed by atoms with Crippen LogP contribution in [0.25, 0.3) is 0 Å². The fraction of sp³-hybridized carbons (Fsp3) is 0.556. The van der Waals surface area contributed by atoms with Gasteiger partial charge in [0.1, 0.15) is 5.76 Å². The first kappa shape index (κ1) is 8.29. The molecule has 1 aromatic heterocycles. The molecule has 1 amide bonds. The van der Waals surface area contributed by atoms with Crippen molar-refractivity contribution in [2.24, 2.45) is 0 Å². The van der Waals surface area contributed by atoms with Gasteiger partial charge in [-0.3, -0.25) is 4.79 Å². The number of amides is 1. The molecular formula is C9H12N2O2. The minimum atomic E-state index is 0.116. The molecule has 13 heavy (non-hydrogen) atoms. The molecule has 1 saturated heterocycles. The van der Waals surface area contributed by atoms with Crippen LogP contribution in [-0.2, 0) is 4.79 Å². The summed E-state index contributed by atoms with van der Waals surface area (Å²) in [7, 11) is 0. The van der Waals surface area contributed by atoms with Crippen LogP contribution in [0, 0.1) is 13.8 Å². The van der Waals surface area contributed by atoms with E-state index in [1.807, 2.05) is 13.8 Å². The third kappa shape index (κ3) is 1.32. The molecule has 0 bridgehead atoms. The van der Waals surface area contributed by atoms with E-state index < -0.39 is 0 Å². The molecule has 1 aliphatic rings. The maximum Gasteiger partial charge on any atom is 0.220 e. The van der Waals surface area contributed by atoms with Crippen LogP contribution in [0.3, 0.4) is 0 Å². The summed E-state index contributed by atoms with van der Waals surface area (Å²) in [6, 6.07) is 0. The fourth-order valence-electron chi connectivity index (χ4n) is 1.88. The fourth-order valence-corrected chi connectivity index (χ4v) is 1.88. The van der Waals surface area contributed by atoms with Crippen LogP contribution in [0.1, 0.15) is 29.4 Å². The Morgan fingerprint density at radius 3 is 2.77 bits per heavy atom. The van der Waals surface area contributed by atoms with Crippen molar-refractivity contribution in [1.29, 1.82) is 0 Å². The van der Waals surface area contributed by atoms with Gasteiger partial charge < -0.3 is 9.84 Å². The third-order valence-electron chi connectivity index (χ3n) is 2.47. The van der Waals surface area contributed by atoms with Gasteiger partial charge in [0.2, 0.25) is 5.91 Å². The normalized spacial score (nSPS) is 22.0. The summed E-state index contributed by atoms with van der Waals surface area (Å²) in [4.78, 5) is 11.0. The Hall–Kier alpha value is -1.32. The number of hydrogen-bond acceptors (Lipinski definition) is 3. The summed E-state index contributed by atoms with van der Waals surface area (Å²) in [6.07, 6.45) is 0.558. The van der Waals surface area contributed by atoms with Crippen LogP contribution < -0.4 is 5.32 Å². The lowest BCUT2D eigenvalue weighted by Gasteiger charge is -2.04. The van der Waals surface area contributed by atoms with E-state index >= 15 is 0 Å². The van der Waals surface area contributed by atoms with Crippen molar-refractivity contribution in [3.8, 4) is 0 Å². The highest BCUT2D eigenvalue weighted by molar-refractivity contribution is 5.79. The number of hydrogen-bond donors (Lipinski definition) is 1. The first-order chi connectivity index (χ1) is 6.18. The van der Waals surface area contributed by atoms with E-state index in [1.165, 1.54) is 0 Å². The van der Waals surface area contributed by atoms with E-state index in [-0.39, 0.29) is 11.8 Å². The van der Waals surface area contributed by atoms with E-state index in [0.29, 0.717) is 13.0 Å². The monoisotopic (exact) mass is 180 g/mol. The number of aromatic nitrogens is 1. The highest BCUT2D eigenvalue weighted by atomic mass is 16.5. The van der Waals surface area contributed by atoms with Crippen molar-refractivity contribution in [3.63, 3.8) is 0 Å². The van der Waals surface area contributed by atoms with Gasteiger partial charge in [-0.25, -0.2) is 0 Å². The van der Waals surface area contributed by atoms with Gasteiger partial charge in [0.05, 0.1) is 5.69 Å². The SMILES string of the molecule is Cc1noc(C)c1C1CNC(=O)C1. The van der Waals surface area contributed by atoms with E-state index in [2.05, 4.69) is 10.5 Å². The van der Waals surface area contributed by atoms with Gasteiger partial charge in [0, 0.05) is 24.4 Å². The van der Waals surface area contributed by atoms with Gasteiger partial charge in [-0.2, -0.15) is 0 Å². The minimum absolute atomic E-state index is 0.116. The molecule has 1 aromatic rings. The molecule has 1 unspecified atom stereocenters. The number of nitrogens with one attached hydrogen (secondary N) is 1. The van der Waals surface area contributed by atoms with Gasteiger partial charge in [0.25, 0.3) is 0 Å². The number of carbonyl (C=O) groups excluding carboxylic acids is 1. The Morgan fingerprint density at radius 1 is 1.54 bits per heavy atom. The molecule has 1 aliphatic heterocycles. The summed E-state index contributed by atoms with van der Waals surface area (Å²) < 4.78 is 5.05. The van der Waals surface area contributed by atoms with Crippen LogP contribution in [0.4, 0.5) is 0 Å². The molecule has 1 fully saturated rings. The predicted octanol–water partition coefficient (Wildman–Crippen LogP) is 0.895. The Bertz CT molecular complexity index is 324. The quantitative estimate of drug-likeness (QED) is 0.698. The molecule has 4 heteroatoms. The Labute approximate surface area is 76.3 Å². The van der Waals surface area contributed by atoms with E-state index in [1.54, 1.807) is 0 Å². The molecule has 4 nitrogen and oxygen atoms in total.